The molecule has 114 valence electrons. The SMILES string of the molecule is CCC1(C)C(=O)NC(C)(C)C(=O)N1Cc1ccncc1Cl. The van der Waals surface area contributed by atoms with Crippen molar-refractivity contribution in [2.24, 2.45) is 0 Å². The van der Waals surface area contributed by atoms with E-state index in [0.29, 0.717) is 18.0 Å². The molecule has 1 aromatic rings. The van der Waals surface area contributed by atoms with Gasteiger partial charge in [-0.15, -0.1) is 0 Å². The molecule has 2 rings (SSSR count). The van der Waals surface area contributed by atoms with Crippen molar-refractivity contribution in [1.82, 2.24) is 15.2 Å². The maximum atomic E-state index is 12.7. The quantitative estimate of drug-likeness (QED) is 0.930. The van der Waals surface area contributed by atoms with Gasteiger partial charge in [-0.2, -0.15) is 0 Å². The maximum Gasteiger partial charge on any atom is 0.248 e. The number of amides is 2. The van der Waals surface area contributed by atoms with Gasteiger partial charge in [0.25, 0.3) is 0 Å². The summed E-state index contributed by atoms with van der Waals surface area (Å²) in [5, 5.41) is 3.29. The Morgan fingerprint density at radius 3 is 2.57 bits per heavy atom. The van der Waals surface area contributed by atoms with Crippen molar-refractivity contribution in [2.45, 2.75) is 51.7 Å². The molecule has 0 bridgehead atoms. The second-order valence-corrected chi connectivity index (χ2v) is 6.47. The molecule has 0 aliphatic carbocycles. The molecule has 1 aliphatic rings. The van der Waals surface area contributed by atoms with E-state index in [0.717, 1.165) is 5.56 Å². The van der Waals surface area contributed by atoms with Crippen molar-refractivity contribution in [3.05, 3.63) is 29.0 Å². The van der Waals surface area contributed by atoms with Crippen LogP contribution in [0.2, 0.25) is 5.02 Å². The number of carbonyl (C=O) groups is 2. The topological polar surface area (TPSA) is 62.3 Å². The molecule has 5 nitrogen and oxygen atoms in total. The first-order valence-corrected chi connectivity index (χ1v) is 7.33. The molecule has 1 atom stereocenters. The number of nitrogens with one attached hydrogen (secondary N) is 1. The maximum absolute atomic E-state index is 12.7. The van der Waals surface area contributed by atoms with E-state index in [1.807, 2.05) is 6.92 Å². The van der Waals surface area contributed by atoms with Crippen LogP contribution in [0.4, 0.5) is 0 Å². The number of halogens is 1. The van der Waals surface area contributed by atoms with E-state index in [9.17, 15) is 9.59 Å². The molecule has 1 unspecified atom stereocenters. The predicted octanol–water partition coefficient (Wildman–Crippen LogP) is 2.14. The highest BCUT2D eigenvalue weighted by atomic mass is 35.5. The summed E-state index contributed by atoms with van der Waals surface area (Å²) in [5.41, 5.74) is -1.00. The van der Waals surface area contributed by atoms with Gasteiger partial charge in [-0.25, -0.2) is 0 Å². The van der Waals surface area contributed by atoms with Crippen molar-refractivity contribution in [1.29, 1.82) is 0 Å². The first kappa shape index (κ1) is 15.8. The fraction of sp³-hybridized carbons (Fsp3) is 0.533. The Bertz CT molecular complexity index is 588. The Labute approximate surface area is 129 Å². The standard InChI is InChI=1S/C15H20ClN3O2/c1-5-15(4)12(20)18-14(2,3)13(21)19(15)9-10-6-7-17-8-11(10)16/h6-8H,5,9H2,1-4H3,(H,18,20). The van der Waals surface area contributed by atoms with Gasteiger partial charge in [0.15, 0.2) is 0 Å². The zero-order valence-electron chi connectivity index (χ0n) is 12.7. The number of carbonyl (C=O) groups excluding carboxylic acids is 2. The van der Waals surface area contributed by atoms with Crippen molar-refractivity contribution < 1.29 is 9.59 Å². The highest BCUT2D eigenvalue weighted by molar-refractivity contribution is 6.31. The second-order valence-electron chi connectivity index (χ2n) is 6.06. The number of pyridine rings is 1. The Morgan fingerprint density at radius 1 is 1.33 bits per heavy atom. The average Bonchev–Trinajstić information content (AvgIpc) is 2.43. The van der Waals surface area contributed by atoms with E-state index >= 15 is 0 Å². The smallest absolute Gasteiger partial charge is 0.248 e. The fourth-order valence-corrected chi connectivity index (χ4v) is 2.64. The van der Waals surface area contributed by atoms with Crippen LogP contribution in [0.3, 0.4) is 0 Å². The predicted molar refractivity (Wildman–Crippen MR) is 80.7 cm³/mol. The van der Waals surface area contributed by atoms with E-state index in [-0.39, 0.29) is 11.8 Å². The molecule has 0 saturated carbocycles. The molecule has 1 saturated heterocycles. The number of piperazine rings is 1. The summed E-state index contributed by atoms with van der Waals surface area (Å²) in [6, 6.07) is 1.77. The lowest BCUT2D eigenvalue weighted by molar-refractivity contribution is -0.161. The molecule has 1 aliphatic heterocycles. The van der Waals surface area contributed by atoms with Gasteiger partial charge < -0.3 is 10.2 Å². The normalized spacial score (nSPS) is 24.9. The lowest BCUT2D eigenvalue weighted by atomic mass is 9.86. The van der Waals surface area contributed by atoms with E-state index in [1.54, 1.807) is 44.1 Å². The number of hydrogen-bond donors (Lipinski definition) is 1. The monoisotopic (exact) mass is 309 g/mol. The van der Waals surface area contributed by atoms with E-state index in [2.05, 4.69) is 10.3 Å². The summed E-state index contributed by atoms with van der Waals surface area (Å²) in [6.07, 6.45) is 3.70. The molecule has 0 aromatic carbocycles. The second kappa shape index (κ2) is 5.30. The van der Waals surface area contributed by atoms with Crippen molar-refractivity contribution in [3.63, 3.8) is 0 Å². The summed E-state index contributed by atoms with van der Waals surface area (Å²) in [6.45, 7) is 7.39. The van der Waals surface area contributed by atoms with Crippen molar-refractivity contribution >= 4 is 23.4 Å². The van der Waals surface area contributed by atoms with Crippen LogP contribution >= 0.6 is 11.6 Å². The van der Waals surface area contributed by atoms with E-state index < -0.39 is 11.1 Å². The fourth-order valence-electron chi connectivity index (χ4n) is 2.46. The third-order valence-electron chi connectivity index (χ3n) is 4.16. The molecule has 1 aromatic heterocycles. The van der Waals surface area contributed by atoms with E-state index in [1.165, 1.54) is 0 Å². The molecular formula is C15H20ClN3O2. The number of nitrogens with zero attached hydrogens (tertiary/aromatic N) is 2. The lowest BCUT2D eigenvalue weighted by Crippen LogP contribution is -2.72. The largest absolute Gasteiger partial charge is 0.340 e. The zero-order chi connectivity index (χ0) is 15.8. The third kappa shape index (κ3) is 2.62. The van der Waals surface area contributed by atoms with Gasteiger partial charge in [-0.3, -0.25) is 14.6 Å². The summed E-state index contributed by atoms with van der Waals surface area (Å²) in [7, 11) is 0. The van der Waals surface area contributed by atoms with Gasteiger partial charge in [0.05, 0.1) is 5.02 Å². The van der Waals surface area contributed by atoms with Crippen LogP contribution in [-0.2, 0) is 16.1 Å². The molecule has 0 radical (unpaired) electrons. The highest BCUT2D eigenvalue weighted by Gasteiger charge is 2.51. The highest BCUT2D eigenvalue weighted by Crippen LogP contribution is 2.31. The van der Waals surface area contributed by atoms with Gasteiger partial charge in [-0.05, 0) is 38.8 Å². The first-order valence-electron chi connectivity index (χ1n) is 6.95. The minimum atomic E-state index is -0.911. The van der Waals surface area contributed by atoms with Crippen LogP contribution in [0.1, 0.15) is 39.7 Å². The summed E-state index contributed by atoms with van der Waals surface area (Å²) in [5.74, 6) is -0.251. The minimum Gasteiger partial charge on any atom is -0.340 e. The van der Waals surface area contributed by atoms with Crippen molar-refractivity contribution in [2.75, 3.05) is 0 Å². The Balaban J connectivity index is 2.43. The van der Waals surface area contributed by atoms with Crippen LogP contribution in [0, 0.1) is 0 Å². The zero-order valence-corrected chi connectivity index (χ0v) is 13.5. The molecule has 2 heterocycles. The molecule has 2 amide bonds. The molecular weight excluding hydrogens is 290 g/mol. The number of hydrogen-bond acceptors (Lipinski definition) is 3. The van der Waals surface area contributed by atoms with Gasteiger partial charge >= 0.3 is 0 Å². The Kier molecular flexibility index (Phi) is 3.97. The first-order chi connectivity index (χ1) is 9.72. The van der Waals surface area contributed by atoms with Crippen LogP contribution < -0.4 is 5.32 Å². The molecule has 1 fully saturated rings. The number of aromatic nitrogens is 1. The number of rotatable bonds is 3. The molecule has 0 spiro atoms. The summed E-state index contributed by atoms with van der Waals surface area (Å²) < 4.78 is 0. The van der Waals surface area contributed by atoms with Gasteiger partial charge in [0, 0.05) is 18.9 Å². The van der Waals surface area contributed by atoms with Gasteiger partial charge in [-0.1, -0.05) is 18.5 Å². The van der Waals surface area contributed by atoms with E-state index in [4.69, 9.17) is 11.6 Å². The van der Waals surface area contributed by atoms with Crippen LogP contribution in [-0.4, -0.2) is 32.8 Å². The Morgan fingerprint density at radius 2 is 2.00 bits per heavy atom. The molecule has 21 heavy (non-hydrogen) atoms. The van der Waals surface area contributed by atoms with Gasteiger partial charge in [0.1, 0.15) is 11.1 Å². The van der Waals surface area contributed by atoms with Crippen LogP contribution in [0.25, 0.3) is 0 Å². The summed E-state index contributed by atoms with van der Waals surface area (Å²) >= 11 is 6.13. The molecule has 1 N–H and O–H groups in total. The van der Waals surface area contributed by atoms with Crippen LogP contribution in [0.15, 0.2) is 18.5 Å². The van der Waals surface area contributed by atoms with Crippen LogP contribution in [0.5, 0.6) is 0 Å². The average molecular weight is 310 g/mol. The minimum absolute atomic E-state index is 0.112. The van der Waals surface area contributed by atoms with Crippen molar-refractivity contribution in [3.8, 4) is 0 Å². The lowest BCUT2D eigenvalue weighted by Gasteiger charge is -2.49. The molecule has 6 heteroatoms. The van der Waals surface area contributed by atoms with Gasteiger partial charge in [0.2, 0.25) is 11.8 Å². The Hall–Kier alpha value is -1.62. The third-order valence-corrected chi connectivity index (χ3v) is 4.50. The summed E-state index contributed by atoms with van der Waals surface area (Å²) in [4.78, 5) is 30.7.